The van der Waals surface area contributed by atoms with E-state index in [0.29, 0.717) is 11.3 Å². The molecule has 126 valence electrons. The van der Waals surface area contributed by atoms with Crippen LogP contribution in [0.3, 0.4) is 0 Å². The number of hydrogen-bond acceptors (Lipinski definition) is 3. The zero-order valence-corrected chi connectivity index (χ0v) is 16.3. The highest BCUT2D eigenvalue weighted by molar-refractivity contribution is 9.10. The summed E-state index contributed by atoms with van der Waals surface area (Å²) in [4.78, 5) is 23.8. The van der Waals surface area contributed by atoms with E-state index in [0.717, 1.165) is 20.1 Å². The lowest BCUT2D eigenvalue weighted by molar-refractivity contribution is -0.123. The quantitative estimate of drug-likeness (QED) is 0.691. The number of hydrazine groups is 1. The first-order valence-corrected chi connectivity index (χ1v) is 8.69. The number of halogens is 2. The third-order valence-electron chi connectivity index (χ3n) is 3.20. The Morgan fingerprint density at radius 2 is 1.75 bits per heavy atom. The lowest BCUT2D eigenvalue weighted by atomic mass is 10.1. The summed E-state index contributed by atoms with van der Waals surface area (Å²) in [7, 11) is 0. The van der Waals surface area contributed by atoms with Crippen molar-refractivity contribution in [1.29, 1.82) is 0 Å². The molecule has 0 saturated carbocycles. The first-order valence-electron chi connectivity index (χ1n) is 7.11. The summed E-state index contributed by atoms with van der Waals surface area (Å²) < 4.78 is 7.00. The Balaban J connectivity index is 1.84. The van der Waals surface area contributed by atoms with Crippen LogP contribution < -0.4 is 15.6 Å². The van der Waals surface area contributed by atoms with Gasteiger partial charge in [-0.1, -0.05) is 28.1 Å². The second-order valence-corrected chi connectivity index (χ2v) is 6.90. The predicted molar refractivity (Wildman–Crippen MR) is 98.9 cm³/mol. The van der Waals surface area contributed by atoms with Crippen LogP contribution in [0, 0.1) is 13.8 Å². The maximum Gasteiger partial charge on any atom is 0.276 e. The van der Waals surface area contributed by atoms with Gasteiger partial charge < -0.3 is 4.74 Å². The lowest BCUT2D eigenvalue weighted by Crippen LogP contribution is -2.43. The van der Waals surface area contributed by atoms with Gasteiger partial charge in [0.25, 0.3) is 11.8 Å². The summed E-state index contributed by atoms with van der Waals surface area (Å²) in [5.41, 5.74) is 7.22. The number of amides is 2. The van der Waals surface area contributed by atoms with Crippen LogP contribution in [-0.2, 0) is 4.79 Å². The summed E-state index contributed by atoms with van der Waals surface area (Å²) in [6, 6.07) is 10.7. The molecule has 2 aromatic rings. The average molecular weight is 456 g/mol. The summed E-state index contributed by atoms with van der Waals surface area (Å²) in [5.74, 6) is -0.299. The molecule has 0 spiro atoms. The summed E-state index contributed by atoms with van der Waals surface area (Å²) in [6.07, 6.45) is 0. The largest absolute Gasteiger partial charge is 0.483 e. The maximum absolute atomic E-state index is 12.0. The van der Waals surface area contributed by atoms with Gasteiger partial charge in [-0.05, 0) is 65.2 Å². The summed E-state index contributed by atoms with van der Waals surface area (Å²) >= 11 is 6.74. The molecule has 2 amide bonds. The van der Waals surface area contributed by atoms with Crippen LogP contribution in [-0.4, -0.2) is 18.4 Å². The number of rotatable bonds is 4. The minimum Gasteiger partial charge on any atom is -0.483 e. The third kappa shape index (κ3) is 5.07. The smallest absolute Gasteiger partial charge is 0.276 e. The second kappa shape index (κ2) is 8.30. The van der Waals surface area contributed by atoms with Crippen molar-refractivity contribution < 1.29 is 14.3 Å². The van der Waals surface area contributed by atoms with Gasteiger partial charge in [0.15, 0.2) is 6.61 Å². The van der Waals surface area contributed by atoms with Crippen molar-refractivity contribution >= 4 is 43.7 Å². The van der Waals surface area contributed by atoms with Gasteiger partial charge >= 0.3 is 0 Å². The average Bonchev–Trinajstić information content (AvgIpc) is 2.54. The molecule has 5 nitrogen and oxygen atoms in total. The van der Waals surface area contributed by atoms with Crippen LogP contribution in [0.5, 0.6) is 5.75 Å². The third-order valence-corrected chi connectivity index (χ3v) is 4.67. The van der Waals surface area contributed by atoms with Crippen molar-refractivity contribution in [2.75, 3.05) is 6.61 Å². The fourth-order valence-electron chi connectivity index (χ4n) is 1.84. The van der Waals surface area contributed by atoms with Crippen LogP contribution in [0.15, 0.2) is 45.3 Å². The fraction of sp³-hybridized carbons (Fsp3) is 0.176. The SMILES string of the molecule is Cc1ccc(OCC(=O)NNC(=O)c2ccc(C)c(Br)c2)c(Br)c1. The molecule has 24 heavy (non-hydrogen) atoms. The van der Waals surface area contributed by atoms with Crippen LogP contribution in [0.4, 0.5) is 0 Å². The molecule has 0 fully saturated rings. The Hall–Kier alpha value is -1.86. The van der Waals surface area contributed by atoms with Crippen LogP contribution in [0.25, 0.3) is 0 Å². The Kier molecular flexibility index (Phi) is 6.39. The Morgan fingerprint density at radius 3 is 2.42 bits per heavy atom. The van der Waals surface area contributed by atoms with E-state index < -0.39 is 11.8 Å². The molecule has 0 bridgehead atoms. The van der Waals surface area contributed by atoms with Crippen molar-refractivity contribution in [3.05, 3.63) is 62.0 Å². The predicted octanol–water partition coefficient (Wildman–Crippen LogP) is 3.67. The standard InChI is InChI=1S/C17H16Br2N2O3/c1-10-3-6-15(14(19)7-10)24-9-16(22)20-21-17(23)12-5-4-11(2)13(18)8-12/h3-8H,9H2,1-2H3,(H,20,22)(H,21,23). The van der Waals surface area contributed by atoms with Gasteiger partial charge in [0.1, 0.15) is 5.75 Å². The summed E-state index contributed by atoms with van der Waals surface area (Å²) in [6.45, 7) is 3.67. The molecule has 0 radical (unpaired) electrons. The van der Waals surface area contributed by atoms with E-state index in [9.17, 15) is 9.59 Å². The van der Waals surface area contributed by atoms with Gasteiger partial charge in [0, 0.05) is 10.0 Å². The van der Waals surface area contributed by atoms with E-state index in [1.165, 1.54) is 0 Å². The molecular formula is C17H16Br2N2O3. The van der Waals surface area contributed by atoms with Gasteiger partial charge in [0.05, 0.1) is 4.47 Å². The highest BCUT2D eigenvalue weighted by atomic mass is 79.9. The second-order valence-electron chi connectivity index (χ2n) is 5.19. The van der Waals surface area contributed by atoms with Crippen molar-refractivity contribution in [2.24, 2.45) is 0 Å². The molecule has 0 heterocycles. The molecule has 0 aliphatic carbocycles. The minimum atomic E-state index is -0.456. The van der Waals surface area contributed by atoms with Crippen LogP contribution in [0.1, 0.15) is 21.5 Å². The number of hydrogen-bond donors (Lipinski definition) is 2. The van der Waals surface area contributed by atoms with E-state index in [4.69, 9.17) is 4.74 Å². The van der Waals surface area contributed by atoms with Crippen molar-refractivity contribution in [1.82, 2.24) is 10.9 Å². The Morgan fingerprint density at radius 1 is 1.00 bits per heavy atom. The molecule has 0 unspecified atom stereocenters. The van der Waals surface area contributed by atoms with Gasteiger partial charge in [0.2, 0.25) is 0 Å². The summed E-state index contributed by atoms with van der Waals surface area (Å²) in [5, 5.41) is 0. The molecule has 2 aromatic carbocycles. The molecule has 0 aromatic heterocycles. The molecule has 0 saturated heterocycles. The van der Waals surface area contributed by atoms with E-state index in [-0.39, 0.29) is 6.61 Å². The number of carbonyl (C=O) groups excluding carboxylic acids is 2. The lowest BCUT2D eigenvalue weighted by Gasteiger charge is -2.10. The molecule has 0 aliphatic rings. The van der Waals surface area contributed by atoms with Crippen LogP contribution in [0.2, 0.25) is 0 Å². The number of ether oxygens (including phenoxy) is 1. The molecule has 0 aliphatic heterocycles. The zero-order valence-electron chi connectivity index (χ0n) is 13.2. The van der Waals surface area contributed by atoms with E-state index in [2.05, 4.69) is 42.7 Å². The Labute approximate surface area is 157 Å². The normalized spacial score (nSPS) is 10.2. The van der Waals surface area contributed by atoms with Crippen molar-refractivity contribution in [3.63, 3.8) is 0 Å². The van der Waals surface area contributed by atoms with E-state index in [1.807, 2.05) is 32.0 Å². The molecule has 2 N–H and O–H groups in total. The Bertz CT molecular complexity index is 778. The van der Waals surface area contributed by atoms with Gasteiger partial charge in [-0.25, -0.2) is 0 Å². The zero-order chi connectivity index (χ0) is 17.7. The van der Waals surface area contributed by atoms with E-state index in [1.54, 1.807) is 18.2 Å². The molecular weight excluding hydrogens is 440 g/mol. The first-order chi connectivity index (χ1) is 11.4. The van der Waals surface area contributed by atoms with Gasteiger partial charge in [-0.2, -0.15) is 0 Å². The van der Waals surface area contributed by atoms with E-state index >= 15 is 0 Å². The van der Waals surface area contributed by atoms with Crippen molar-refractivity contribution in [3.8, 4) is 5.75 Å². The van der Waals surface area contributed by atoms with Crippen molar-refractivity contribution in [2.45, 2.75) is 13.8 Å². The monoisotopic (exact) mass is 454 g/mol. The maximum atomic E-state index is 12.0. The highest BCUT2D eigenvalue weighted by Crippen LogP contribution is 2.25. The number of benzene rings is 2. The first kappa shape index (κ1) is 18.5. The molecule has 7 heteroatoms. The molecule has 0 atom stereocenters. The topological polar surface area (TPSA) is 67.4 Å². The van der Waals surface area contributed by atoms with Gasteiger partial charge in [-0.3, -0.25) is 20.4 Å². The minimum absolute atomic E-state index is 0.209. The number of aryl methyl sites for hydroxylation is 2. The molecule has 2 rings (SSSR count). The number of carbonyl (C=O) groups is 2. The highest BCUT2D eigenvalue weighted by Gasteiger charge is 2.10. The van der Waals surface area contributed by atoms with Crippen LogP contribution >= 0.6 is 31.9 Å². The van der Waals surface area contributed by atoms with Gasteiger partial charge in [-0.15, -0.1) is 0 Å². The fourth-order valence-corrected chi connectivity index (χ4v) is 2.82. The number of nitrogens with one attached hydrogen (secondary N) is 2.